The first-order valence-corrected chi connectivity index (χ1v) is 15.5. The molecule has 1 saturated carbocycles. The molecular formula is C32H37ClF3N5O2. The third-order valence-corrected chi connectivity index (χ3v) is 8.97. The second-order valence-corrected chi connectivity index (χ2v) is 12.2. The zero-order valence-electron chi connectivity index (χ0n) is 24.3. The Morgan fingerprint density at radius 1 is 1.00 bits per heavy atom. The van der Waals surface area contributed by atoms with Crippen LogP contribution in [-0.4, -0.2) is 73.1 Å². The number of esters is 1. The van der Waals surface area contributed by atoms with Gasteiger partial charge in [-0.15, -0.1) is 0 Å². The summed E-state index contributed by atoms with van der Waals surface area (Å²) in [6.07, 6.45) is 0.129. The number of hydrogen-bond donors (Lipinski definition) is 0. The summed E-state index contributed by atoms with van der Waals surface area (Å²) in [6, 6.07) is 13.6. The van der Waals surface area contributed by atoms with E-state index in [1.165, 1.54) is 25.1 Å². The number of halogens is 4. The normalized spacial score (nSPS) is 20.0. The van der Waals surface area contributed by atoms with Gasteiger partial charge in [-0.1, -0.05) is 29.8 Å². The van der Waals surface area contributed by atoms with Crippen molar-refractivity contribution in [2.75, 3.05) is 62.2 Å². The number of benzene rings is 2. The van der Waals surface area contributed by atoms with Crippen molar-refractivity contribution in [3.05, 3.63) is 64.9 Å². The summed E-state index contributed by atoms with van der Waals surface area (Å²) >= 11 is 6.45. The molecule has 2 aliphatic heterocycles. The Hall–Kier alpha value is -3.24. The lowest BCUT2D eigenvalue weighted by Crippen LogP contribution is -2.47. The van der Waals surface area contributed by atoms with Crippen LogP contribution in [0.1, 0.15) is 54.7 Å². The number of nitrogens with zero attached hydrogens (tertiary/aromatic N) is 5. The summed E-state index contributed by atoms with van der Waals surface area (Å²) in [5.41, 5.74) is 2.43. The summed E-state index contributed by atoms with van der Waals surface area (Å²) in [5, 5.41) is 4.60. The van der Waals surface area contributed by atoms with Crippen LogP contribution in [0.15, 0.2) is 48.7 Å². The average Bonchev–Trinajstić information content (AvgIpc) is 3.69. The first-order valence-electron chi connectivity index (χ1n) is 15.2. The molecule has 3 fully saturated rings. The fourth-order valence-electron chi connectivity index (χ4n) is 6.37. The quantitative estimate of drug-likeness (QED) is 0.261. The first kappa shape index (κ1) is 29.8. The Kier molecular flexibility index (Phi) is 8.60. The minimum absolute atomic E-state index is 0.0198. The van der Waals surface area contributed by atoms with Crippen LogP contribution in [0.5, 0.6) is 0 Å². The monoisotopic (exact) mass is 615 g/mol. The van der Waals surface area contributed by atoms with Crippen molar-refractivity contribution in [2.24, 2.45) is 5.92 Å². The predicted octanol–water partition coefficient (Wildman–Crippen LogP) is 6.77. The summed E-state index contributed by atoms with van der Waals surface area (Å²) in [6.45, 7) is 7.93. The SMILES string of the molecule is CCOC(=O)c1cnn(C2CCCN(c3cc(Cl)ccc3-c3ccc(N4CCN(CC5CC5)CC4)cc3)C2)c1C(F)(F)F. The molecule has 2 aromatic carbocycles. The zero-order chi connectivity index (χ0) is 30.1. The number of carbonyl (C=O) groups is 1. The van der Waals surface area contributed by atoms with Crippen LogP contribution in [0.25, 0.3) is 11.1 Å². The van der Waals surface area contributed by atoms with Gasteiger partial charge in [0.2, 0.25) is 0 Å². The summed E-state index contributed by atoms with van der Waals surface area (Å²) in [4.78, 5) is 19.4. The minimum atomic E-state index is -4.76. The highest BCUT2D eigenvalue weighted by Crippen LogP contribution is 2.40. The maximum absolute atomic E-state index is 14.2. The highest BCUT2D eigenvalue weighted by atomic mass is 35.5. The lowest BCUT2D eigenvalue weighted by Gasteiger charge is -2.37. The van der Waals surface area contributed by atoms with E-state index in [-0.39, 0.29) is 6.61 Å². The molecule has 1 atom stereocenters. The zero-order valence-corrected chi connectivity index (χ0v) is 25.1. The van der Waals surface area contributed by atoms with Gasteiger partial charge in [0.25, 0.3) is 0 Å². The topological polar surface area (TPSA) is 53.8 Å². The minimum Gasteiger partial charge on any atom is -0.462 e. The molecule has 1 unspecified atom stereocenters. The molecule has 0 spiro atoms. The number of piperazine rings is 1. The van der Waals surface area contributed by atoms with Crippen LogP contribution >= 0.6 is 11.6 Å². The Balaban J connectivity index is 1.22. The molecule has 1 aliphatic carbocycles. The number of piperidine rings is 1. The molecule has 230 valence electrons. The first-order chi connectivity index (χ1) is 20.7. The maximum Gasteiger partial charge on any atom is 0.433 e. The summed E-state index contributed by atoms with van der Waals surface area (Å²) < 4.78 is 48.4. The number of rotatable bonds is 8. The van der Waals surface area contributed by atoms with Crippen LogP contribution < -0.4 is 9.80 Å². The summed E-state index contributed by atoms with van der Waals surface area (Å²) in [7, 11) is 0. The fraction of sp³-hybridized carbons (Fsp3) is 0.500. The smallest absolute Gasteiger partial charge is 0.433 e. The Bertz CT molecular complexity index is 1430. The molecular weight excluding hydrogens is 579 g/mol. The largest absolute Gasteiger partial charge is 0.462 e. The standard InChI is InChI=1S/C32H37ClF3N5O2/c1-2-43-31(42)28-19-37-41(30(28)32(34,35)36)26-4-3-13-40(21-26)29-18-24(33)9-12-27(29)23-7-10-25(11-8-23)39-16-14-38(15-17-39)20-22-5-6-22/h7-12,18-19,22,26H,2-6,13-17,20-21H2,1H3. The number of ether oxygens (including phenoxy) is 1. The molecule has 0 N–H and O–H groups in total. The number of alkyl halides is 3. The van der Waals surface area contributed by atoms with Gasteiger partial charge in [0, 0.05) is 67.8 Å². The van der Waals surface area contributed by atoms with E-state index in [0.29, 0.717) is 31.0 Å². The molecule has 3 aromatic rings. The van der Waals surface area contributed by atoms with Crippen LogP contribution in [0.3, 0.4) is 0 Å². The molecule has 2 saturated heterocycles. The van der Waals surface area contributed by atoms with E-state index in [0.717, 1.165) is 59.8 Å². The van der Waals surface area contributed by atoms with Crippen molar-refractivity contribution in [3.8, 4) is 11.1 Å². The van der Waals surface area contributed by atoms with Crippen LogP contribution in [0.4, 0.5) is 24.5 Å². The number of hydrogen-bond acceptors (Lipinski definition) is 6. The Labute approximate surface area is 255 Å². The van der Waals surface area contributed by atoms with Gasteiger partial charge in [-0.25, -0.2) is 4.79 Å². The second kappa shape index (κ2) is 12.4. The number of aromatic nitrogens is 2. The van der Waals surface area contributed by atoms with E-state index < -0.39 is 29.4 Å². The van der Waals surface area contributed by atoms with Crippen LogP contribution in [0, 0.1) is 5.92 Å². The lowest BCUT2D eigenvalue weighted by atomic mass is 9.99. The number of carbonyl (C=O) groups excluding carboxylic acids is 1. The lowest BCUT2D eigenvalue weighted by molar-refractivity contribution is -0.145. The molecule has 0 amide bonds. The molecule has 43 heavy (non-hydrogen) atoms. The van der Waals surface area contributed by atoms with Crippen molar-refractivity contribution in [3.63, 3.8) is 0 Å². The predicted molar refractivity (Wildman–Crippen MR) is 162 cm³/mol. The third-order valence-electron chi connectivity index (χ3n) is 8.73. The van der Waals surface area contributed by atoms with Crippen molar-refractivity contribution in [2.45, 2.75) is 44.8 Å². The maximum atomic E-state index is 14.2. The van der Waals surface area contributed by atoms with Gasteiger partial charge < -0.3 is 14.5 Å². The van der Waals surface area contributed by atoms with Crippen molar-refractivity contribution < 1.29 is 22.7 Å². The highest BCUT2D eigenvalue weighted by Gasteiger charge is 2.42. The van der Waals surface area contributed by atoms with E-state index in [4.69, 9.17) is 16.3 Å². The van der Waals surface area contributed by atoms with Crippen LogP contribution in [0.2, 0.25) is 5.02 Å². The van der Waals surface area contributed by atoms with Gasteiger partial charge in [-0.2, -0.15) is 18.3 Å². The second-order valence-electron chi connectivity index (χ2n) is 11.8. The van der Waals surface area contributed by atoms with E-state index in [1.807, 2.05) is 18.2 Å². The third kappa shape index (κ3) is 6.65. The van der Waals surface area contributed by atoms with Gasteiger partial charge in [-0.3, -0.25) is 9.58 Å². The van der Waals surface area contributed by atoms with Gasteiger partial charge in [-0.05, 0) is 68.4 Å². The van der Waals surface area contributed by atoms with E-state index in [1.54, 1.807) is 6.92 Å². The molecule has 3 heterocycles. The highest BCUT2D eigenvalue weighted by molar-refractivity contribution is 6.31. The average molecular weight is 616 g/mol. The fourth-order valence-corrected chi connectivity index (χ4v) is 6.54. The molecule has 7 nitrogen and oxygen atoms in total. The molecule has 0 radical (unpaired) electrons. The van der Waals surface area contributed by atoms with Gasteiger partial charge in [0.05, 0.1) is 18.8 Å². The molecule has 3 aliphatic rings. The molecule has 6 rings (SSSR count). The van der Waals surface area contributed by atoms with E-state index >= 15 is 0 Å². The Morgan fingerprint density at radius 3 is 2.42 bits per heavy atom. The summed E-state index contributed by atoms with van der Waals surface area (Å²) in [5.74, 6) is -0.114. The van der Waals surface area contributed by atoms with Crippen molar-refractivity contribution >= 4 is 28.9 Å². The van der Waals surface area contributed by atoms with Gasteiger partial charge >= 0.3 is 12.1 Å². The Morgan fingerprint density at radius 2 is 1.74 bits per heavy atom. The van der Waals surface area contributed by atoms with Gasteiger partial charge in [0.15, 0.2) is 5.69 Å². The van der Waals surface area contributed by atoms with Crippen molar-refractivity contribution in [1.29, 1.82) is 0 Å². The molecule has 0 bridgehead atoms. The molecule has 11 heteroatoms. The number of anilines is 2. The molecule has 1 aromatic heterocycles. The van der Waals surface area contributed by atoms with Gasteiger partial charge in [0.1, 0.15) is 5.56 Å². The van der Waals surface area contributed by atoms with E-state index in [9.17, 15) is 18.0 Å². The van der Waals surface area contributed by atoms with Crippen LogP contribution in [-0.2, 0) is 10.9 Å². The van der Waals surface area contributed by atoms with Crippen molar-refractivity contribution in [1.82, 2.24) is 14.7 Å². The van der Waals surface area contributed by atoms with E-state index in [2.05, 4.69) is 44.1 Å².